The van der Waals surface area contributed by atoms with Crippen LogP contribution in [0, 0.1) is 24.3 Å². The molecule has 1 saturated carbocycles. The van der Waals surface area contributed by atoms with E-state index in [0.717, 1.165) is 53.2 Å². The predicted molar refractivity (Wildman–Crippen MR) is 210 cm³/mol. The van der Waals surface area contributed by atoms with E-state index in [1.54, 1.807) is 12.1 Å². The SMILES string of the molecule is [C-]#[N+]c1ccc(OC2C(C)(C)C(NC(=O)c3ccc(N4CCC(N5Cc6cc7c(cc6C5)C(=O)N(C5CCC(=O)NC5=O)C7=O)CC4)cc3)C2(C)C)c(C)c1Cl. The predicted octanol–water partition coefficient (Wildman–Crippen LogP) is 6.20. The Morgan fingerprint density at radius 1 is 0.911 bits per heavy atom. The van der Waals surface area contributed by atoms with Crippen LogP contribution in [0.15, 0.2) is 48.5 Å². The summed E-state index contributed by atoms with van der Waals surface area (Å²) < 4.78 is 6.51. The van der Waals surface area contributed by atoms with E-state index in [4.69, 9.17) is 22.9 Å². The van der Waals surface area contributed by atoms with E-state index in [1.807, 2.05) is 43.3 Å². The van der Waals surface area contributed by atoms with Gasteiger partial charge in [-0.05, 0) is 85.3 Å². The molecule has 8 rings (SSSR count). The summed E-state index contributed by atoms with van der Waals surface area (Å²) in [6.45, 7) is 20.6. The Morgan fingerprint density at radius 3 is 2.09 bits per heavy atom. The minimum atomic E-state index is -0.972. The summed E-state index contributed by atoms with van der Waals surface area (Å²) in [6, 6.07) is 14.1. The number of carbonyl (C=O) groups excluding carboxylic acids is 5. The number of benzene rings is 3. The van der Waals surface area contributed by atoms with Gasteiger partial charge in [0.05, 0.1) is 22.7 Å². The van der Waals surface area contributed by atoms with Crippen LogP contribution in [-0.2, 0) is 22.7 Å². The Hall–Kier alpha value is -5.25. The van der Waals surface area contributed by atoms with Gasteiger partial charge in [-0.15, -0.1) is 0 Å². The highest BCUT2D eigenvalue weighted by Crippen LogP contribution is 2.56. The van der Waals surface area contributed by atoms with Crippen molar-refractivity contribution < 1.29 is 28.7 Å². The third-order valence-corrected chi connectivity index (χ3v) is 13.3. The highest BCUT2D eigenvalue weighted by molar-refractivity contribution is 6.34. The minimum absolute atomic E-state index is 0.0901. The molecule has 5 aliphatic rings. The van der Waals surface area contributed by atoms with Gasteiger partial charge in [0.2, 0.25) is 17.5 Å². The molecule has 1 atom stereocenters. The van der Waals surface area contributed by atoms with Crippen LogP contribution in [0.4, 0.5) is 11.4 Å². The minimum Gasteiger partial charge on any atom is -0.489 e. The molecule has 3 aromatic carbocycles. The Kier molecular flexibility index (Phi) is 9.24. The fourth-order valence-corrected chi connectivity index (χ4v) is 10.2. The molecule has 0 radical (unpaired) electrons. The first-order valence-corrected chi connectivity index (χ1v) is 19.6. The molecule has 13 heteroatoms. The molecule has 12 nitrogen and oxygen atoms in total. The number of piperidine rings is 2. The number of amides is 5. The number of halogens is 1. The normalized spacial score (nSPS) is 24.3. The number of ether oxygens (including phenoxy) is 1. The zero-order valence-corrected chi connectivity index (χ0v) is 33.0. The van der Waals surface area contributed by atoms with Crippen LogP contribution in [-0.4, -0.2) is 76.7 Å². The van der Waals surface area contributed by atoms with Crippen molar-refractivity contribution in [3.63, 3.8) is 0 Å². The number of anilines is 1. The third kappa shape index (κ3) is 6.12. The maximum atomic E-state index is 13.6. The number of rotatable bonds is 7. The Bertz CT molecular complexity index is 2180. The van der Waals surface area contributed by atoms with Crippen molar-refractivity contribution in [1.29, 1.82) is 0 Å². The van der Waals surface area contributed by atoms with Crippen LogP contribution in [0.5, 0.6) is 5.75 Å². The van der Waals surface area contributed by atoms with Gasteiger partial charge in [-0.2, -0.15) is 0 Å². The van der Waals surface area contributed by atoms with Crippen LogP contribution in [0.1, 0.15) is 101 Å². The van der Waals surface area contributed by atoms with Crippen molar-refractivity contribution in [1.82, 2.24) is 20.4 Å². The Labute approximate surface area is 331 Å². The fourth-order valence-electron chi connectivity index (χ4n) is 9.97. The van der Waals surface area contributed by atoms with Crippen LogP contribution in [0.2, 0.25) is 5.02 Å². The lowest BCUT2D eigenvalue weighted by Crippen LogP contribution is -2.74. The second-order valence-corrected chi connectivity index (χ2v) is 17.3. The lowest BCUT2D eigenvalue weighted by atomic mass is 9.49. The second kappa shape index (κ2) is 13.7. The first kappa shape index (κ1) is 37.7. The lowest BCUT2D eigenvalue weighted by molar-refractivity contribution is -0.164. The Morgan fingerprint density at radius 2 is 1.52 bits per heavy atom. The van der Waals surface area contributed by atoms with E-state index in [2.05, 4.69) is 53.0 Å². The topological polar surface area (TPSA) is 133 Å². The molecule has 4 heterocycles. The maximum Gasteiger partial charge on any atom is 0.262 e. The van der Waals surface area contributed by atoms with Gasteiger partial charge in [0.25, 0.3) is 17.7 Å². The summed E-state index contributed by atoms with van der Waals surface area (Å²) in [5.41, 5.74) is 4.74. The largest absolute Gasteiger partial charge is 0.489 e. The molecule has 56 heavy (non-hydrogen) atoms. The van der Waals surface area contributed by atoms with Crippen LogP contribution in [0.3, 0.4) is 0 Å². The number of imide groups is 2. The molecule has 0 bridgehead atoms. The number of hydrogen-bond acceptors (Lipinski definition) is 8. The molecule has 5 amide bonds. The van der Waals surface area contributed by atoms with E-state index < -0.39 is 29.7 Å². The highest BCUT2D eigenvalue weighted by atomic mass is 35.5. The molecule has 290 valence electrons. The lowest BCUT2D eigenvalue weighted by Gasteiger charge is -2.63. The van der Waals surface area contributed by atoms with Gasteiger partial charge in [-0.3, -0.25) is 39.1 Å². The molecule has 2 N–H and O–H groups in total. The van der Waals surface area contributed by atoms with Gasteiger partial charge in [-0.25, -0.2) is 4.85 Å². The fraction of sp³-hybridized carbons (Fsp3) is 0.442. The van der Waals surface area contributed by atoms with E-state index in [9.17, 15) is 24.0 Å². The molecule has 0 spiro atoms. The molecule has 4 aliphatic heterocycles. The van der Waals surface area contributed by atoms with Gasteiger partial charge in [0.15, 0.2) is 0 Å². The van der Waals surface area contributed by atoms with Gasteiger partial charge >= 0.3 is 0 Å². The monoisotopic (exact) mass is 776 g/mol. The molecule has 3 fully saturated rings. The summed E-state index contributed by atoms with van der Waals surface area (Å²) >= 11 is 6.42. The van der Waals surface area contributed by atoms with Crippen LogP contribution >= 0.6 is 11.6 Å². The van der Waals surface area contributed by atoms with Gasteiger partial charge in [-0.1, -0.05) is 45.4 Å². The summed E-state index contributed by atoms with van der Waals surface area (Å²) in [4.78, 5) is 73.6. The zero-order valence-electron chi connectivity index (χ0n) is 32.2. The van der Waals surface area contributed by atoms with Crippen molar-refractivity contribution in [3.8, 4) is 5.75 Å². The molecule has 2 saturated heterocycles. The van der Waals surface area contributed by atoms with Crippen molar-refractivity contribution >= 4 is 52.5 Å². The average Bonchev–Trinajstić information content (AvgIpc) is 3.70. The zero-order chi connectivity index (χ0) is 39.8. The molecular weight excluding hydrogens is 732 g/mol. The van der Waals surface area contributed by atoms with E-state index >= 15 is 0 Å². The standard InChI is InChI=1S/C43H45ClN6O6/c1-23-33(13-11-31(45-6)35(23)44)56-41-42(2,3)40(43(41,4)5)47-36(52)24-7-9-27(10-8-24)48-17-15-28(16-18-48)49-21-25-19-29-30(20-26(25)22-49)39(55)50(38(29)54)32-12-14-34(51)46-37(32)53/h7-11,13,19-20,28,32,40-41H,12,14-18,21-22H2,1-5H3,(H,47,52)(H,46,51,53). The van der Waals surface area contributed by atoms with Gasteiger partial charge in [0.1, 0.15) is 17.9 Å². The molecule has 1 aliphatic carbocycles. The Balaban J connectivity index is 0.850. The summed E-state index contributed by atoms with van der Waals surface area (Å²) in [6.07, 6.45) is 1.92. The first-order valence-electron chi connectivity index (χ1n) is 19.2. The van der Waals surface area contributed by atoms with Gasteiger partial charge in [0, 0.05) is 66.8 Å². The van der Waals surface area contributed by atoms with E-state index in [0.29, 0.717) is 52.3 Å². The molecular formula is C43H45ClN6O6. The number of fused-ring (bicyclic) bond motifs is 2. The van der Waals surface area contributed by atoms with Gasteiger partial charge < -0.3 is 15.0 Å². The summed E-state index contributed by atoms with van der Waals surface area (Å²) in [7, 11) is 0. The second-order valence-electron chi connectivity index (χ2n) is 17.0. The maximum absolute atomic E-state index is 13.6. The number of nitrogens with zero attached hydrogens (tertiary/aromatic N) is 4. The van der Waals surface area contributed by atoms with E-state index in [1.165, 1.54) is 0 Å². The third-order valence-electron chi connectivity index (χ3n) is 12.8. The molecule has 1 unspecified atom stereocenters. The quantitative estimate of drug-likeness (QED) is 0.214. The van der Waals surface area contributed by atoms with Crippen LogP contribution < -0.4 is 20.3 Å². The number of carbonyl (C=O) groups is 5. The smallest absolute Gasteiger partial charge is 0.262 e. The average molecular weight is 777 g/mol. The van der Waals surface area contributed by atoms with Crippen molar-refractivity contribution in [3.05, 3.63) is 98.4 Å². The van der Waals surface area contributed by atoms with Crippen molar-refractivity contribution in [2.45, 2.75) is 97.6 Å². The first-order chi connectivity index (χ1) is 26.6. The number of nitrogens with one attached hydrogen (secondary N) is 2. The van der Waals surface area contributed by atoms with Crippen molar-refractivity contribution in [2.75, 3.05) is 18.0 Å². The highest BCUT2D eigenvalue weighted by Gasteiger charge is 2.64. The number of hydrogen-bond donors (Lipinski definition) is 2. The summed E-state index contributed by atoms with van der Waals surface area (Å²) in [5.74, 6) is -1.45. The van der Waals surface area contributed by atoms with E-state index in [-0.39, 0.29) is 41.7 Å². The summed E-state index contributed by atoms with van der Waals surface area (Å²) in [5, 5.41) is 5.93. The molecule has 3 aromatic rings. The van der Waals surface area contributed by atoms with Crippen molar-refractivity contribution in [2.24, 2.45) is 10.8 Å². The van der Waals surface area contributed by atoms with Crippen LogP contribution in [0.25, 0.3) is 4.85 Å². The molecule has 0 aromatic heterocycles.